The Bertz CT molecular complexity index is 187. The molecule has 2 aliphatic rings. The molecule has 2 saturated heterocycles. The van der Waals surface area contributed by atoms with Crippen molar-refractivity contribution in [2.24, 2.45) is 0 Å². The van der Waals surface area contributed by atoms with E-state index >= 15 is 0 Å². The molecule has 2 heterocycles. The number of ether oxygens (including phenoxy) is 2. The summed E-state index contributed by atoms with van der Waals surface area (Å²) in [6.07, 6.45) is 2.62. The minimum Gasteiger partial charge on any atom is -0.383 e. The smallest absolute Gasteiger partial charge is 0.0594 e. The van der Waals surface area contributed by atoms with E-state index in [0.29, 0.717) is 0 Å². The SMILES string of the molecule is COCCN1CCC(N2CCOCC2)CC1. The Hall–Kier alpha value is -0.160. The number of likely N-dealkylation sites (tertiary alicyclic amines) is 1. The lowest BCUT2D eigenvalue weighted by molar-refractivity contribution is -0.000850. The topological polar surface area (TPSA) is 24.9 Å². The van der Waals surface area contributed by atoms with Crippen molar-refractivity contribution in [3.63, 3.8) is 0 Å². The maximum atomic E-state index is 5.40. The van der Waals surface area contributed by atoms with Crippen LogP contribution < -0.4 is 0 Å². The molecule has 4 heteroatoms. The van der Waals surface area contributed by atoms with E-state index in [9.17, 15) is 0 Å². The quantitative estimate of drug-likeness (QED) is 0.696. The highest BCUT2D eigenvalue weighted by atomic mass is 16.5. The van der Waals surface area contributed by atoms with Crippen LogP contribution in [0.5, 0.6) is 0 Å². The van der Waals surface area contributed by atoms with Crippen LogP contribution in [0.4, 0.5) is 0 Å². The van der Waals surface area contributed by atoms with E-state index in [0.717, 1.165) is 45.5 Å². The summed E-state index contributed by atoms with van der Waals surface area (Å²) in [4.78, 5) is 5.12. The minimum atomic E-state index is 0.794. The predicted octanol–water partition coefficient (Wildman–Crippen LogP) is 0.429. The molecular formula is C12H24N2O2. The molecule has 0 N–H and O–H groups in total. The molecule has 0 saturated carbocycles. The second-order valence-electron chi connectivity index (χ2n) is 4.71. The summed E-state index contributed by atoms with van der Waals surface area (Å²) in [6.45, 7) is 8.50. The van der Waals surface area contributed by atoms with Crippen molar-refractivity contribution < 1.29 is 9.47 Å². The highest BCUT2D eigenvalue weighted by Crippen LogP contribution is 2.17. The van der Waals surface area contributed by atoms with Gasteiger partial charge in [-0.1, -0.05) is 0 Å². The molecular weight excluding hydrogens is 204 g/mol. The highest BCUT2D eigenvalue weighted by molar-refractivity contribution is 4.80. The van der Waals surface area contributed by atoms with Gasteiger partial charge in [-0.15, -0.1) is 0 Å². The first-order chi connectivity index (χ1) is 7.90. The summed E-state index contributed by atoms with van der Waals surface area (Å²) in [5.74, 6) is 0. The molecule has 0 unspecified atom stereocenters. The van der Waals surface area contributed by atoms with Crippen molar-refractivity contribution in [2.45, 2.75) is 18.9 Å². The Morgan fingerprint density at radius 3 is 2.44 bits per heavy atom. The number of morpholine rings is 1. The van der Waals surface area contributed by atoms with Crippen molar-refractivity contribution in [1.82, 2.24) is 9.80 Å². The Morgan fingerprint density at radius 2 is 1.81 bits per heavy atom. The van der Waals surface area contributed by atoms with Crippen molar-refractivity contribution >= 4 is 0 Å². The van der Waals surface area contributed by atoms with Crippen LogP contribution in [0.1, 0.15) is 12.8 Å². The van der Waals surface area contributed by atoms with E-state index in [1.54, 1.807) is 7.11 Å². The van der Waals surface area contributed by atoms with Gasteiger partial charge in [0, 0.05) is 32.8 Å². The molecule has 0 aromatic heterocycles. The summed E-state index contributed by atoms with van der Waals surface area (Å²) in [5, 5.41) is 0. The van der Waals surface area contributed by atoms with Crippen LogP contribution >= 0.6 is 0 Å². The average molecular weight is 228 g/mol. The molecule has 0 spiro atoms. The normalized spacial score (nSPS) is 26.1. The fraction of sp³-hybridized carbons (Fsp3) is 1.00. The van der Waals surface area contributed by atoms with Crippen LogP contribution in [0.25, 0.3) is 0 Å². The summed E-state index contributed by atoms with van der Waals surface area (Å²) >= 11 is 0. The number of nitrogens with zero attached hydrogens (tertiary/aromatic N) is 2. The molecule has 2 aliphatic heterocycles. The molecule has 16 heavy (non-hydrogen) atoms. The number of rotatable bonds is 4. The van der Waals surface area contributed by atoms with Gasteiger partial charge in [0.15, 0.2) is 0 Å². The van der Waals surface area contributed by atoms with Crippen LogP contribution in [0.15, 0.2) is 0 Å². The molecule has 0 bridgehead atoms. The third kappa shape index (κ3) is 3.42. The van der Waals surface area contributed by atoms with Crippen molar-refractivity contribution in [1.29, 1.82) is 0 Å². The van der Waals surface area contributed by atoms with E-state index in [4.69, 9.17) is 9.47 Å². The minimum absolute atomic E-state index is 0.794. The molecule has 2 fully saturated rings. The molecule has 4 nitrogen and oxygen atoms in total. The van der Waals surface area contributed by atoms with Gasteiger partial charge in [-0.2, -0.15) is 0 Å². The number of hydrogen-bond acceptors (Lipinski definition) is 4. The lowest BCUT2D eigenvalue weighted by atomic mass is 10.0. The Morgan fingerprint density at radius 1 is 1.12 bits per heavy atom. The van der Waals surface area contributed by atoms with Gasteiger partial charge in [0.25, 0.3) is 0 Å². The zero-order chi connectivity index (χ0) is 11.2. The van der Waals surface area contributed by atoms with Gasteiger partial charge in [0.05, 0.1) is 19.8 Å². The lowest BCUT2D eigenvalue weighted by Crippen LogP contribution is -2.49. The molecule has 2 rings (SSSR count). The van der Waals surface area contributed by atoms with Gasteiger partial charge in [-0.05, 0) is 25.9 Å². The van der Waals surface area contributed by atoms with Gasteiger partial charge in [-0.3, -0.25) is 4.90 Å². The van der Waals surface area contributed by atoms with Gasteiger partial charge in [-0.25, -0.2) is 0 Å². The molecule has 0 radical (unpaired) electrons. The zero-order valence-corrected chi connectivity index (χ0v) is 10.4. The first-order valence-corrected chi connectivity index (χ1v) is 6.43. The van der Waals surface area contributed by atoms with E-state index in [2.05, 4.69) is 9.80 Å². The van der Waals surface area contributed by atoms with Gasteiger partial charge in [0.1, 0.15) is 0 Å². The zero-order valence-electron chi connectivity index (χ0n) is 10.4. The van der Waals surface area contributed by atoms with Crippen LogP contribution in [0.3, 0.4) is 0 Å². The van der Waals surface area contributed by atoms with Crippen LogP contribution in [0, 0.1) is 0 Å². The maximum absolute atomic E-state index is 5.40. The highest BCUT2D eigenvalue weighted by Gasteiger charge is 2.25. The van der Waals surface area contributed by atoms with Crippen LogP contribution in [-0.4, -0.2) is 75.5 Å². The predicted molar refractivity (Wildman–Crippen MR) is 63.7 cm³/mol. The van der Waals surface area contributed by atoms with Gasteiger partial charge >= 0.3 is 0 Å². The number of hydrogen-bond donors (Lipinski definition) is 0. The number of methoxy groups -OCH3 is 1. The Labute approximate surface area is 98.5 Å². The van der Waals surface area contributed by atoms with E-state index in [-0.39, 0.29) is 0 Å². The third-order valence-corrected chi connectivity index (χ3v) is 3.73. The van der Waals surface area contributed by atoms with E-state index < -0.39 is 0 Å². The fourth-order valence-electron chi connectivity index (χ4n) is 2.67. The second-order valence-corrected chi connectivity index (χ2v) is 4.71. The van der Waals surface area contributed by atoms with E-state index in [1.165, 1.54) is 25.9 Å². The van der Waals surface area contributed by atoms with Crippen LogP contribution in [-0.2, 0) is 9.47 Å². The van der Waals surface area contributed by atoms with Crippen molar-refractivity contribution in [3.05, 3.63) is 0 Å². The first-order valence-electron chi connectivity index (χ1n) is 6.43. The number of piperidine rings is 1. The average Bonchev–Trinajstić information content (AvgIpc) is 2.38. The molecule has 0 atom stereocenters. The van der Waals surface area contributed by atoms with E-state index in [1.807, 2.05) is 0 Å². The standard InChI is InChI=1S/C12H24N2O2/c1-15-9-6-13-4-2-12(3-5-13)14-7-10-16-11-8-14/h12H,2-11H2,1H3. The fourth-order valence-corrected chi connectivity index (χ4v) is 2.67. The van der Waals surface area contributed by atoms with Crippen LogP contribution in [0.2, 0.25) is 0 Å². The molecule has 0 aromatic rings. The lowest BCUT2D eigenvalue weighted by Gasteiger charge is -2.40. The largest absolute Gasteiger partial charge is 0.383 e. The van der Waals surface area contributed by atoms with Crippen molar-refractivity contribution in [2.75, 3.05) is 59.7 Å². The maximum Gasteiger partial charge on any atom is 0.0594 e. The first kappa shape index (κ1) is 12.3. The van der Waals surface area contributed by atoms with Gasteiger partial charge < -0.3 is 14.4 Å². The third-order valence-electron chi connectivity index (χ3n) is 3.73. The monoisotopic (exact) mass is 228 g/mol. The van der Waals surface area contributed by atoms with Gasteiger partial charge in [0.2, 0.25) is 0 Å². The Balaban J connectivity index is 1.67. The molecule has 0 aromatic carbocycles. The Kier molecular flexibility index (Phi) is 5.03. The summed E-state index contributed by atoms with van der Waals surface area (Å²) < 4.78 is 10.5. The second kappa shape index (κ2) is 6.55. The molecule has 0 amide bonds. The molecule has 0 aliphatic carbocycles. The summed E-state index contributed by atoms with van der Waals surface area (Å²) in [7, 11) is 1.78. The van der Waals surface area contributed by atoms with Crippen molar-refractivity contribution in [3.8, 4) is 0 Å². The molecule has 94 valence electrons. The summed E-state index contributed by atoms with van der Waals surface area (Å²) in [5.41, 5.74) is 0. The summed E-state index contributed by atoms with van der Waals surface area (Å²) in [6, 6.07) is 0.794.